The van der Waals surface area contributed by atoms with Crippen molar-refractivity contribution < 1.29 is 4.74 Å². The van der Waals surface area contributed by atoms with Crippen molar-refractivity contribution in [3.63, 3.8) is 0 Å². The third-order valence-corrected chi connectivity index (χ3v) is 4.62. The fraction of sp³-hybridized carbons (Fsp3) is 0.188. The Morgan fingerprint density at radius 2 is 2.14 bits per heavy atom. The van der Waals surface area contributed by atoms with E-state index in [4.69, 9.17) is 17.0 Å². The minimum absolute atomic E-state index is 0.713. The highest BCUT2D eigenvalue weighted by atomic mass is 79.9. The van der Waals surface area contributed by atoms with E-state index in [1.54, 1.807) is 0 Å². The molecule has 0 unspecified atom stereocenters. The Hall–Kier alpha value is -1.59. The number of nitrogens with one attached hydrogen (secondary N) is 1. The van der Waals surface area contributed by atoms with Gasteiger partial charge in [0.15, 0.2) is 4.77 Å². The average Bonchev–Trinajstić information content (AvgIpc) is 3.04. The number of rotatable bonds is 2. The summed E-state index contributed by atoms with van der Waals surface area (Å²) in [6.45, 7) is 1.47. The fourth-order valence-corrected chi connectivity index (χ4v) is 3.72. The summed E-state index contributed by atoms with van der Waals surface area (Å²) in [6, 6.07) is 12.4. The van der Waals surface area contributed by atoms with E-state index >= 15 is 0 Å². The van der Waals surface area contributed by atoms with Gasteiger partial charge in [-0.2, -0.15) is 0 Å². The molecule has 21 heavy (non-hydrogen) atoms. The Morgan fingerprint density at radius 1 is 1.29 bits per heavy atom. The van der Waals surface area contributed by atoms with Crippen LogP contribution in [0.3, 0.4) is 0 Å². The molecular weight excluding hydrogens is 348 g/mol. The van der Waals surface area contributed by atoms with Crippen molar-refractivity contribution in [2.45, 2.75) is 13.0 Å². The molecule has 0 fully saturated rings. The van der Waals surface area contributed by atoms with Crippen LogP contribution in [0.4, 0.5) is 0 Å². The quantitative estimate of drug-likeness (QED) is 0.684. The number of fused-ring (bicyclic) bond motifs is 2. The Morgan fingerprint density at radius 3 is 3.05 bits per heavy atom. The normalized spacial score (nSPS) is 13.4. The summed E-state index contributed by atoms with van der Waals surface area (Å²) in [7, 11) is 0. The second-order valence-electron chi connectivity index (χ2n) is 5.19. The molecule has 106 valence electrons. The monoisotopic (exact) mass is 360 g/mol. The molecule has 5 heteroatoms. The number of aromatic amines is 1. The zero-order valence-electron chi connectivity index (χ0n) is 11.2. The first kappa shape index (κ1) is 13.1. The second kappa shape index (κ2) is 5.00. The number of nitrogens with zero attached hydrogens (tertiary/aromatic N) is 1. The van der Waals surface area contributed by atoms with Crippen LogP contribution in [-0.2, 0) is 13.0 Å². The number of halogens is 1. The molecule has 1 aliphatic rings. The van der Waals surface area contributed by atoms with Crippen LogP contribution in [0.15, 0.2) is 40.9 Å². The first-order chi connectivity index (χ1) is 10.2. The molecule has 0 atom stereocenters. The van der Waals surface area contributed by atoms with Crippen molar-refractivity contribution in [1.29, 1.82) is 0 Å². The third kappa shape index (κ3) is 2.21. The van der Waals surface area contributed by atoms with Crippen LogP contribution < -0.4 is 4.74 Å². The number of imidazole rings is 1. The third-order valence-electron chi connectivity index (χ3n) is 3.84. The number of benzene rings is 2. The zero-order valence-corrected chi connectivity index (χ0v) is 13.6. The Kier molecular flexibility index (Phi) is 3.12. The Bertz CT molecular complexity index is 897. The van der Waals surface area contributed by atoms with E-state index in [0.717, 1.165) is 44.6 Å². The van der Waals surface area contributed by atoms with Gasteiger partial charge in [0.05, 0.1) is 24.2 Å². The lowest BCUT2D eigenvalue weighted by Crippen LogP contribution is -2.02. The number of aromatic nitrogens is 2. The van der Waals surface area contributed by atoms with Crippen LogP contribution in [0.25, 0.3) is 11.0 Å². The lowest BCUT2D eigenvalue weighted by atomic mass is 10.1. The van der Waals surface area contributed by atoms with Crippen molar-refractivity contribution >= 4 is 39.2 Å². The standard InChI is InChI=1S/C16H13BrN2OS/c17-12-7-10-5-6-20-15(10)11(8-12)9-19-14-4-2-1-3-13(14)18-16(19)21/h1-4,7-8H,5-6,9H2,(H,18,21). The molecular formula is C16H13BrN2OS. The lowest BCUT2D eigenvalue weighted by Gasteiger charge is -2.10. The second-order valence-corrected chi connectivity index (χ2v) is 6.49. The molecule has 0 spiro atoms. The predicted molar refractivity (Wildman–Crippen MR) is 89.6 cm³/mol. The largest absolute Gasteiger partial charge is 0.493 e. The van der Waals surface area contributed by atoms with Gasteiger partial charge in [0, 0.05) is 16.5 Å². The van der Waals surface area contributed by atoms with Crippen molar-refractivity contribution in [1.82, 2.24) is 9.55 Å². The van der Waals surface area contributed by atoms with Gasteiger partial charge in [-0.3, -0.25) is 0 Å². The van der Waals surface area contributed by atoms with Crippen LogP contribution in [0.1, 0.15) is 11.1 Å². The SMILES string of the molecule is S=c1[nH]c2ccccc2n1Cc1cc(Br)cc2c1OCC2. The van der Waals surface area contributed by atoms with Crippen LogP contribution in [0.5, 0.6) is 5.75 Å². The summed E-state index contributed by atoms with van der Waals surface area (Å²) in [5, 5.41) is 0. The molecule has 1 aromatic heterocycles. The van der Waals surface area contributed by atoms with Crippen LogP contribution in [-0.4, -0.2) is 16.2 Å². The number of para-hydroxylation sites is 2. The maximum absolute atomic E-state index is 5.81. The highest BCUT2D eigenvalue weighted by Gasteiger charge is 2.18. The van der Waals surface area contributed by atoms with Crippen molar-refractivity contribution in [2.75, 3.05) is 6.61 Å². The first-order valence-corrected chi connectivity index (χ1v) is 8.04. The molecule has 0 radical (unpaired) electrons. The summed E-state index contributed by atoms with van der Waals surface area (Å²) < 4.78 is 9.76. The van der Waals surface area contributed by atoms with E-state index in [9.17, 15) is 0 Å². The Labute approximate surface area is 135 Å². The first-order valence-electron chi connectivity index (χ1n) is 6.84. The zero-order chi connectivity index (χ0) is 14.4. The van der Waals surface area contributed by atoms with Gasteiger partial charge < -0.3 is 14.3 Å². The summed E-state index contributed by atoms with van der Waals surface area (Å²) in [4.78, 5) is 3.25. The maximum Gasteiger partial charge on any atom is 0.178 e. The molecule has 1 aliphatic heterocycles. The number of hydrogen-bond donors (Lipinski definition) is 1. The number of H-pyrrole nitrogens is 1. The topological polar surface area (TPSA) is 29.9 Å². The molecule has 3 aromatic rings. The number of ether oxygens (including phenoxy) is 1. The van der Waals surface area contributed by atoms with Crippen LogP contribution in [0, 0.1) is 4.77 Å². The van der Waals surface area contributed by atoms with E-state index in [1.807, 2.05) is 18.2 Å². The van der Waals surface area contributed by atoms with E-state index in [-0.39, 0.29) is 0 Å². The minimum atomic E-state index is 0.713. The molecule has 4 rings (SSSR count). The van der Waals surface area contributed by atoms with Gasteiger partial charge in [0.2, 0.25) is 0 Å². The van der Waals surface area contributed by atoms with E-state index in [1.165, 1.54) is 5.56 Å². The van der Waals surface area contributed by atoms with E-state index in [2.05, 4.69) is 43.7 Å². The molecule has 0 saturated heterocycles. The fourth-order valence-electron chi connectivity index (χ4n) is 2.90. The van der Waals surface area contributed by atoms with Gasteiger partial charge in [0.1, 0.15) is 5.75 Å². The molecule has 2 aromatic carbocycles. The lowest BCUT2D eigenvalue weighted by molar-refractivity contribution is 0.353. The highest BCUT2D eigenvalue weighted by Crippen LogP contribution is 2.34. The summed E-state index contributed by atoms with van der Waals surface area (Å²) in [5.41, 5.74) is 4.62. The van der Waals surface area contributed by atoms with Crippen molar-refractivity contribution in [3.05, 3.63) is 56.8 Å². The predicted octanol–water partition coefficient (Wildman–Crippen LogP) is 4.44. The summed E-state index contributed by atoms with van der Waals surface area (Å²) in [6.07, 6.45) is 0.973. The van der Waals surface area contributed by atoms with Gasteiger partial charge in [-0.15, -0.1) is 0 Å². The van der Waals surface area contributed by atoms with Gasteiger partial charge in [0.25, 0.3) is 0 Å². The summed E-state index contributed by atoms with van der Waals surface area (Å²) >= 11 is 9.06. The Balaban J connectivity index is 1.86. The van der Waals surface area contributed by atoms with Crippen LogP contribution >= 0.6 is 28.1 Å². The van der Waals surface area contributed by atoms with Gasteiger partial charge in [-0.05, 0) is 42.0 Å². The smallest absolute Gasteiger partial charge is 0.178 e. The van der Waals surface area contributed by atoms with Gasteiger partial charge in [-0.1, -0.05) is 28.1 Å². The number of hydrogen-bond acceptors (Lipinski definition) is 2. The molecule has 0 aliphatic carbocycles. The van der Waals surface area contributed by atoms with Gasteiger partial charge >= 0.3 is 0 Å². The van der Waals surface area contributed by atoms with Crippen molar-refractivity contribution in [2.24, 2.45) is 0 Å². The minimum Gasteiger partial charge on any atom is -0.493 e. The molecule has 0 bridgehead atoms. The van der Waals surface area contributed by atoms with Crippen LogP contribution in [0.2, 0.25) is 0 Å². The molecule has 1 N–H and O–H groups in total. The molecule has 0 amide bonds. The summed E-state index contributed by atoms with van der Waals surface area (Å²) in [5.74, 6) is 1.02. The molecule has 2 heterocycles. The van der Waals surface area contributed by atoms with E-state index < -0.39 is 0 Å². The van der Waals surface area contributed by atoms with Crippen molar-refractivity contribution in [3.8, 4) is 5.75 Å². The van der Waals surface area contributed by atoms with E-state index in [0.29, 0.717) is 6.54 Å². The molecule has 0 saturated carbocycles. The maximum atomic E-state index is 5.81. The van der Waals surface area contributed by atoms with Gasteiger partial charge in [-0.25, -0.2) is 0 Å². The molecule has 3 nitrogen and oxygen atoms in total. The highest BCUT2D eigenvalue weighted by molar-refractivity contribution is 9.10. The average molecular weight is 361 g/mol.